The van der Waals surface area contributed by atoms with Gasteiger partial charge in [-0.1, -0.05) is 13.8 Å². The van der Waals surface area contributed by atoms with Gasteiger partial charge in [0.05, 0.1) is 6.54 Å². The van der Waals surface area contributed by atoms with Crippen LogP contribution < -0.4 is 5.32 Å². The van der Waals surface area contributed by atoms with Crippen LogP contribution in [0.2, 0.25) is 0 Å². The molecule has 0 bridgehead atoms. The summed E-state index contributed by atoms with van der Waals surface area (Å²) in [7, 11) is 0. The summed E-state index contributed by atoms with van der Waals surface area (Å²) in [6.07, 6.45) is 2.63. The van der Waals surface area contributed by atoms with E-state index in [4.69, 9.17) is 4.42 Å². The van der Waals surface area contributed by atoms with Crippen molar-refractivity contribution in [3.63, 3.8) is 0 Å². The lowest BCUT2D eigenvalue weighted by molar-refractivity contribution is 0.481. The zero-order chi connectivity index (χ0) is 13.4. The summed E-state index contributed by atoms with van der Waals surface area (Å²) in [5, 5.41) is 4.83. The van der Waals surface area contributed by atoms with Gasteiger partial charge in [0.25, 0.3) is 0 Å². The lowest BCUT2D eigenvalue weighted by Crippen LogP contribution is -2.19. The van der Waals surface area contributed by atoms with Crippen molar-refractivity contribution < 1.29 is 4.42 Å². The fourth-order valence-corrected chi connectivity index (χ4v) is 3.06. The Morgan fingerprint density at radius 1 is 1.37 bits per heavy atom. The molecular weight excluding hydrogens is 349 g/mol. The average molecular weight is 369 g/mol. The molecule has 1 saturated carbocycles. The van der Waals surface area contributed by atoms with Gasteiger partial charge in [-0.2, -0.15) is 0 Å². The Morgan fingerprint density at radius 2 is 2.16 bits per heavy atom. The highest BCUT2D eigenvalue weighted by Gasteiger charge is 2.30. The van der Waals surface area contributed by atoms with Gasteiger partial charge in [-0.15, -0.1) is 0 Å². The zero-order valence-electron chi connectivity index (χ0n) is 11.5. The molecule has 2 nitrogen and oxygen atoms in total. The van der Waals surface area contributed by atoms with Crippen molar-refractivity contribution in [2.75, 3.05) is 6.54 Å². The molecule has 1 aliphatic carbocycles. The second kappa shape index (κ2) is 5.44. The van der Waals surface area contributed by atoms with Crippen LogP contribution in [-0.2, 0) is 6.54 Å². The van der Waals surface area contributed by atoms with E-state index in [9.17, 15) is 0 Å². The minimum atomic E-state index is 0.676. The number of hydrogen-bond acceptors (Lipinski definition) is 2. The maximum Gasteiger partial charge on any atom is 0.134 e. The van der Waals surface area contributed by atoms with Crippen molar-refractivity contribution >= 4 is 33.6 Å². The summed E-state index contributed by atoms with van der Waals surface area (Å²) in [6.45, 7) is 6.36. The molecule has 0 atom stereocenters. The fraction of sp³-hybridized carbons (Fsp3) is 0.500. The highest BCUT2D eigenvalue weighted by atomic mass is 127. The molecule has 0 unspecified atom stereocenters. The lowest BCUT2D eigenvalue weighted by atomic mass is 10.1. The molecule has 3 heteroatoms. The number of benzene rings is 1. The summed E-state index contributed by atoms with van der Waals surface area (Å²) in [6, 6.07) is 6.49. The first-order valence-electron chi connectivity index (χ1n) is 7.06. The lowest BCUT2D eigenvalue weighted by Gasteiger charge is -2.07. The number of hydrogen-bond donors (Lipinski definition) is 1. The molecule has 19 heavy (non-hydrogen) atoms. The van der Waals surface area contributed by atoms with E-state index in [0.717, 1.165) is 30.4 Å². The first-order valence-corrected chi connectivity index (χ1v) is 8.14. The predicted octanol–water partition coefficient (Wildman–Crippen LogP) is 4.66. The van der Waals surface area contributed by atoms with Gasteiger partial charge >= 0.3 is 0 Å². The number of rotatable bonds is 5. The van der Waals surface area contributed by atoms with Crippen LogP contribution in [0.4, 0.5) is 0 Å². The van der Waals surface area contributed by atoms with Crippen LogP contribution in [0.25, 0.3) is 11.0 Å². The molecule has 1 aromatic heterocycles. The van der Waals surface area contributed by atoms with Gasteiger partial charge in [-0.05, 0) is 72.0 Å². The second-order valence-corrected chi connectivity index (χ2v) is 7.12. The first-order chi connectivity index (χ1) is 9.15. The van der Waals surface area contributed by atoms with E-state index in [1.54, 1.807) is 0 Å². The minimum Gasteiger partial charge on any atom is -0.459 e. The molecule has 1 N–H and O–H groups in total. The molecule has 2 aromatic rings. The Bertz CT molecular complexity index is 584. The summed E-state index contributed by atoms with van der Waals surface area (Å²) < 4.78 is 7.36. The molecule has 0 aliphatic heterocycles. The minimum absolute atomic E-state index is 0.676. The van der Waals surface area contributed by atoms with Crippen LogP contribution in [0.1, 0.15) is 43.9 Å². The number of fused-ring (bicyclic) bond motifs is 1. The van der Waals surface area contributed by atoms with Crippen LogP contribution in [0.5, 0.6) is 0 Å². The molecule has 1 heterocycles. The van der Waals surface area contributed by atoms with E-state index in [2.05, 4.69) is 60.0 Å². The van der Waals surface area contributed by atoms with Crippen molar-refractivity contribution in [2.45, 2.75) is 39.2 Å². The third kappa shape index (κ3) is 2.97. The highest BCUT2D eigenvalue weighted by Crippen LogP contribution is 2.46. The van der Waals surface area contributed by atoms with Crippen molar-refractivity contribution in [3.8, 4) is 0 Å². The Morgan fingerprint density at radius 3 is 2.84 bits per heavy atom. The molecule has 0 amide bonds. The Hall–Kier alpha value is -0.550. The summed E-state index contributed by atoms with van der Waals surface area (Å²) in [5.41, 5.74) is 2.51. The first kappa shape index (κ1) is 13.4. The van der Waals surface area contributed by atoms with E-state index in [0.29, 0.717) is 5.92 Å². The maximum atomic E-state index is 6.07. The third-order valence-corrected chi connectivity index (χ3v) is 4.26. The standard InChI is InChI=1S/C16H20INO/c1-10(2)8-18-9-15-16(11-3-4-11)13-7-12(17)5-6-14(13)19-15/h5-7,10-11,18H,3-4,8-9H2,1-2H3. The zero-order valence-corrected chi connectivity index (χ0v) is 13.7. The van der Waals surface area contributed by atoms with E-state index in [1.165, 1.54) is 27.4 Å². The van der Waals surface area contributed by atoms with Gasteiger partial charge < -0.3 is 9.73 Å². The van der Waals surface area contributed by atoms with E-state index >= 15 is 0 Å². The topological polar surface area (TPSA) is 25.2 Å². The van der Waals surface area contributed by atoms with Gasteiger partial charge in [0.15, 0.2) is 0 Å². The molecule has 1 fully saturated rings. The van der Waals surface area contributed by atoms with Crippen molar-refractivity contribution in [1.82, 2.24) is 5.32 Å². The van der Waals surface area contributed by atoms with Crippen LogP contribution in [0.3, 0.4) is 0 Å². The predicted molar refractivity (Wildman–Crippen MR) is 87.5 cm³/mol. The smallest absolute Gasteiger partial charge is 0.134 e. The SMILES string of the molecule is CC(C)CNCc1oc2ccc(I)cc2c1C1CC1. The molecular formula is C16H20INO. The Labute approximate surface area is 128 Å². The molecule has 3 rings (SSSR count). The van der Waals surface area contributed by atoms with E-state index in [-0.39, 0.29) is 0 Å². The summed E-state index contributed by atoms with van der Waals surface area (Å²) in [5.74, 6) is 2.56. The Balaban J connectivity index is 1.91. The molecule has 0 spiro atoms. The van der Waals surface area contributed by atoms with Gasteiger partial charge in [0.2, 0.25) is 0 Å². The Kier molecular flexibility index (Phi) is 3.85. The average Bonchev–Trinajstić information content (AvgIpc) is 3.11. The van der Waals surface area contributed by atoms with Gasteiger partial charge in [0.1, 0.15) is 11.3 Å². The normalized spacial score (nSPS) is 15.6. The fourth-order valence-electron chi connectivity index (χ4n) is 2.56. The van der Waals surface area contributed by atoms with Gasteiger partial charge in [-0.3, -0.25) is 0 Å². The molecule has 1 aromatic carbocycles. The summed E-state index contributed by atoms with van der Waals surface area (Å²) >= 11 is 2.38. The van der Waals surface area contributed by atoms with E-state index in [1.807, 2.05) is 0 Å². The molecule has 1 aliphatic rings. The maximum absolute atomic E-state index is 6.07. The largest absolute Gasteiger partial charge is 0.459 e. The quantitative estimate of drug-likeness (QED) is 0.776. The van der Waals surface area contributed by atoms with E-state index < -0.39 is 0 Å². The van der Waals surface area contributed by atoms with Gasteiger partial charge in [-0.25, -0.2) is 0 Å². The van der Waals surface area contributed by atoms with Crippen LogP contribution in [0, 0.1) is 9.49 Å². The van der Waals surface area contributed by atoms with Crippen LogP contribution in [0.15, 0.2) is 22.6 Å². The van der Waals surface area contributed by atoms with Crippen LogP contribution >= 0.6 is 22.6 Å². The number of halogens is 1. The molecule has 0 radical (unpaired) electrons. The molecule has 0 saturated heterocycles. The van der Waals surface area contributed by atoms with Crippen molar-refractivity contribution in [2.24, 2.45) is 5.92 Å². The highest BCUT2D eigenvalue weighted by molar-refractivity contribution is 14.1. The number of nitrogens with one attached hydrogen (secondary N) is 1. The van der Waals surface area contributed by atoms with Crippen molar-refractivity contribution in [3.05, 3.63) is 33.1 Å². The van der Waals surface area contributed by atoms with Crippen LogP contribution in [-0.4, -0.2) is 6.54 Å². The van der Waals surface area contributed by atoms with Crippen molar-refractivity contribution in [1.29, 1.82) is 0 Å². The summed E-state index contributed by atoms with van der Waals surface area (Å²) in [4.78, 5) is 0. The second-order valence-electron chi connectivity index (χ2n) is 5.88. The molecule has 102 valence electrons. The van der Waals surface area contributed by atoms with Gasteiger partial charge in [0, 0.05) is 14.5 Å². The monoisotopic (exact) mass is 369 g/mol. The third-order valence-electron chi connectivity index (χ3n) is 3.59. The number of furan rings is 1.